The van der Waals surface area contributed by atoms with E-state index in [1.165, 1.54) is 11.5 Å². The van der Waals surface area contributed by atoms with Crippen molar-refractivity contribution in [1.82, 2.24) is 9.36 Å². The molecule has 2 aromatic heterocycles. The molecular weight excluding hydrogens is 220 g/mol. The minimum atomic E-state index is 0.603. The third kappa shape index (κ3) is 2.02. The van der Waals surface area contributed by atoms with Crippen molar-refractivity contribution in [3.8, 4) is 6.07 Å². The summed E-state index contributed by atoms with van der Waals surface area (Å²) in [6.45, 7) is 3.80. The van der Waals surface area contributed by atoms with Crippen LogP contribution in [0.1, 0.15) is 16.8 Å². The molecular formula is C11H10N4S. The van der Waals surface area contributed by atoms with Gasteiger partial charge in [0.2, 0.25) is 0 Å². The highest BCUT2D eigenvalue weighted by Crippen LogP contribution is 2.26. The van der Waals surface area contributed by atoms with Gasteiger partial charge in [0.1, 0.15) is 16.6 Å². The summed E-state index contributed by atoms with van der Waals surface area (Å²) >= 11 is 1.29. The minimum absolute atomic E-state index is 0.603. The molecule has 0 atom stereocenters. The van der Waals surface area contributed by atoms with Gasteiger partial charge < -0.3 is 5.32 Å². The van der Waals surface area contributed by atoms with Crippen LogP contribution in [-0.4, -0.2) is 9.36 Å². The van der Waals surface area contributed by atoms with E-state index in [1.807, 2.05) is 19.9 Å². The van der Waals surface area contributed by atoms with Crippen LogP contribution in [0.5, 0.6) is 0 Å². The SMILES string of the molecule is Cc1cncc(Nc2snc(C)c2C#N)c1. The van der Waals surface area contributed by atoms with Crippen LogP contribution in [0.15, 0.2) is 18.5 Å². The Hall–Kier alpha value is -1.93. The average Bonchev–Trinajstić information content (AvgIpc) is 2.59. The van der Waals surface area contributed by atoms with Crippen molar-refractivity contribution in [2.75, 3.05) is 5.32 Å². The van der Waals surface area contributed by atoms with Crippen LogP contribution in [0, 0.1) is 25.2 Å². The molecule has 2 heterocycles. The first kappa shape index (κ1) is 10.6. The van der Waals surface area contributed by atoms with Gasteiger partial charge in [-0.25, -0.2) is 0 Å². The van der Waals surface area contributed by atoms with E-state index in [9.17, 15) is 0 Å². The maximum absolute atomic E-state index is 8.98. The molecule has 1 N–H and O–H groups in total. The predicted octanol–water partition coefficient (Wildman–Crippen LogP) is 2.77. The average molecular weight is 230 g/mol. The second kappa shape index (κ2) is 4.29. The molecule has 0 aliphatic rings. The normalized spacial score (nSPS) is 9.81. The molecule has 0 aromatic carbocycles. The van der Waals surface area contributed by atoms with Gasteiger partial charge >= 0.3 is 0 Å². The second-order valence-corrected chi connectivity index (χ2v) is 4.23. The summed E-state index contributed by atoms with van der Waals surface area (Å²) in [5.41, 5.74) is 3.31. The third-order valence-electron chi connectivity index (χ3n) is 2.11. The van der Waals surface area contributed by atoms with Gasteiger partial charge in [0, 0.05) is 6.20 Å². The van der Waals surface area contributed by atoms with E-state index in [-0.39, 0.29) is 0 Å². The fourth-order valence-electron chi connectivity index (χ4n) is 1.34. The molecule has 0 saturated heterocycles. The van der Waals surface area contributed by atoms with Gasteiger partial charge in [0.25, 0.3) is 0 Å². The highest BCUT2D eigenvalue weighted by Gasteiger charge is 2.09. The molecule has 0 radical (unpaired) electrons. The van der Waals surface area contributed by atoms with Gasteiger partial charge in [-0.05, 0) is 37.0 Å². The zero-order chi connectivity index (χ0) is 11.5. The molecule has 0 aliphatic carbocycles. The summed E-state index contributed by atoms with van der Waals surface area (Å²) in [4.78, 5) is 4.08. The molecule has 0 bridgehead atoms. The van der Waals surface area contributed by atoms with E-state index in [0.717, 1.165) is 21.9 Å². The first-order chi connectivity index (χ1) is 7.70. The number of aryl methyl sites for hydroxylation is 2. The Morgan fingerprint density at radius 3 is 2.88 bits per heavy atom. The first-order valence-corrected chi connectivity index (χ1v) is 5.53. The van der Waals surface area contributed by atoms with Gasteiger partial charge in [0.05, 0.1) is 17.6 Å². The van der Waals surface area contributed by atoms with Gasteiger partial charge in [-0.3, -0.25) is 4.98 Å². The van der Waals surface area contributed by atoms with Crippen molar-refractivity contribution in [2.24, 2.45) is 0 Å². The van der Waals surface area contributed by atoms with E-state index in [4.69, 9.17) is 5.26 Å². The number of nitrogens with zero attached hydrogens (tertiary/aromatic N) is 3. The van der Waals surface area contributed by atoms with Gasteiger partial charge in [-0.1, -0.05) is 0 Å². The molecule has 2 rings (SSSR count). The fourth-order valence-corrected chi connectivity index (χ4v) is 2.11. The Morgan fingerprint density at radius 1 is 1.38 bits per heavy atom. The number of anilines is 2. The van der Waals surface area contributed by atoms with Crippen LogP contribution < -0.4 is 5.32 Å². The number of rotatable bonds is 2. The lowest BCUT2D eigenvalue weighted by Gasteiger charge is -2.03. The van der Waals surface area contributed by atoms with Crippen molar-refractivity contribution >= 4 is 22.2 Å². The molecule has 0 amide bonds. The molecule has 0 fully saturated rings. The molecule has 0 saturated carbocycles. The Kier molecular flexibility index (Phi) is 2.84. The summed E-state index contributed by atoms with van der Waals surface area (Å²) in [7, 11) is 0. The molecule has 4 nitrogen and oxygen atoms in total. The van der Waals surface area contributed by atoms with Crippen LogP contribution in [0.4, 0.5) is 10.7 Å². The Labute approximate surface area is 97.7 Å². The quantitative estimate of drug-likeness (QED) is 0.861. The van der Waals surface area contributed by atoms with Crippen molar-refractivity contribution in [3.05, 3.63) is 35.3 Å². The third-order valence-corrected chi connectivity index (χ3v) is 2.96. The molecule has 5 heteroatoms. The highest BCUT2D eigenvalue weighted by molar-refractivity contribution is 7.10. The summed E-state index contributed by atoms with van der Waals surface area (Å²) < 4.78 is 4.14. The molecule has 2 aromatic rings. The standard InChI is InChI=1S/C11H10N4S/c1-7-3-9(6-13-5-7)14-11-10(4-12)8(2)15-16-11/h3,5-6,14H,1-2H3. The molecule has 0 spiro atoms. The molecule has 16 heavy (non-hydrogen) atoms. The molecule has 80 valence electrons. The number of pyridine rings is 1. The van der Waals surface area contributed by atoms with Crippen molar-refractivity contribution in [3.63, 3.8) is 0 Å². The van der Waals surface area contributed by atoms with Crippen molar-refractivity contribution in [1.29, 1.82) is 5.26 Å². The van der Waals surface area contributed by atoms with Gasteiger partial charge in [-0.2, -0.15) is 9.64 Å². The minimum Gasteiger partial charge on any atom is -0.344 e. The number of hydrogen-bond donors (Lipinski definition) is 1. The van der Waals surface area contributed by atoms with E-state index < -0.39 is 0 Å². The lowest BCUT2D eigenvalue weighted by molar-refractivity contribution is 1.26. The van der Waals surface area contributed by atoms with E-state index in [0.29, 0.717) is 5.56 Å². The van der Waals surface area contributed by atoms with Gasteiger partial charge in [-0.15, -0.1) is 0 Å². The zero-order valence-electron chi connectivity index (χ0n) is 8.98. The Bertz CT molecular complexity index is 553. The van der Waals surface area contributed by atoms with E-state index in [1.54, 1.807) is 12.4 Å². The highest BCUT2D eigenvalue weighted by atomic mass is 32.1. The van der Waals surface area contributed by atoms with Crippen LogP contribution in [0.3, 0.4) is 0 Å². The summed E-state index contributed by atoms with van der Waals surface area (Å²) in [5.74, 6) is 0. The largest absolute Gasteiger partial charge is 0.344 e. The Balaban J connectivity index is 2.31. The smallest absolute Gasteiger partial charge is 0.132 e. The van der Waals surface area contributed by atoms with Crippen LogP contribution in [0.2, 0.25) is 0 Å². The second-order valence-electron chi connectivity index (χ2n) is 3.46. The topological polar surface area (TPSA) is 61.6 Å². The zero-order valence-corrected chi connectivity index (χ0v) is 9.80. The van der Waals surface area contributed by atoms with Crippen LogP contribution in [0.25, 0.3) is 0 Å². The van der Waals surface area contributed by atoms with E-state index >= 15 is 0 Å². The first-order valence-electron chi connectivity index (χ1n) is 4.76. The van der Waals surface area contributed by atoms with Gasteiger partial charge in [0.15, 0.2) is 0 Å². The number of nitrogens with one attached hydrogen (secondary N) is 1. The molecule has 0 unspecified atom stereocenters. The predicted molar refractivity (Wildman–Crippen MR) is 63.8 cm³/mol. The summed E-state index contributed by atoms with van der Waals surface area (Å²) in [5, 5.41) is 12.9. The monoisotopic (exact) mass is 230 g/mol. The van der Waals surface area contributed by atoms with Crippen LogP contribution in [-0.2, 0) is 0 Å². The van der Waals surface area contributed by atoms with E-state index in [2.05, 4.69) is 20.7 Å². The summed E-state index contributed by atoms with van der Waals surface area (Å²) in [6.07, 6.45) is 3.51. The number of nitriles is 1. The molecule has 0 aliphatic heterocycles. The summed E-state index contributed by atoms with van der Waals surface area (Å²) in [6, 6.07) is 4.12. The number of aromatic nitrogens is 2. The number of hydrogen-bond acceptors (Lipinski definition) is 5. The Morgan fingerprint density at radius 2 is 2.19 bits per heavy atom. The maximum Gasteiger partial charge on any atom is 0.132 e. The van der Waals surface area contributed by atoms with Crippen molar-refractivity contribution < 1.29 is 0 Å². The fraction of sp³-hybridized carbons (Fsp3) is 0.182. The lowest BCUT2D eigenvalue weighted by atomic mass is 10.2. The van der Waals surface area contributed by atoms with Crippen LogP contribution >= 0.6 is 11.5 Å². The maximum atomic E-state index is 8.98. The van der Waals surface area contributed by atoms with Crippen molar-refractivity contribution in [2.45, 2.75) is 13.8 Å². The lowest BCUT2D eigenvalue weighted by Crippen LogP contribution is -1.91.